The molecule has 1 atom stereocenters. The van der Waals surface area contributed by atoms with Crippen molar-refractivity contribution < 1.29 is 8.42 Å². The molecule has 2 aliphatic rings. The van der Waals surface area contributed by atoms with E-state index in [-0.39, 0.29) is 28.7 Å². The topological polar surface area (TPSA) is 107 Å². The van der Waals surface area contributed by atoms with Crippen LogP contribution in [0.3, 0.4) is 0 Å². The average molecular weight is 368 g/mol. The molecule has 2 heterocycles. The van der Waals surface area contributed by atoms with Crippen molar-refractivity contribution in [1.82, 2.24) is 14.3 Å². The third kappa shape index (κ3) is 3.77. The molecule has 1 aromatic heterocycles. The summed E-state index contributed by atoms with van der Waals surface area (Å²) < 4.78 is 27.9. The van der Waals surface area contributed by atoms with Crippen molar-refractivity contribution in [2.24, 2.45) is 0 Å². The summed E-state index contributed by atoms with van der Waals surface area (Å²) in [6, 6.07) is 0. The molecule has 0 radical (unpaired) electrons. The van der Waals surface area contributed by atoms with E-state index in [0.29, 0.717) is 18.4 Å². The Morgan fingerprint density at radius 2 is 2.17 bits per heavy atom. The van der Waals surface area contributed by atoms with Gasteiger partial charge < -0.3 is 5.73 Å². The van der Waals surface area contributed by atoms with Gasteiger partial charge in [0.25, 0.3) is 0 Å². The van der Waals surface area contributed by atoms with Gasteiger partial charge in [-0.15, -0.1) is 11.8 Å². The van der Waals surface area contributed by atoms with E-state index in [1.807, 2.05) is 0 Å². The van der Waals surface area contributed by atoms with Gasteiger partial charge in [-0.1, -0.05) is 18.3 Å². The van der Waals surface area contributed by atoms with E-state index in [1.54, 1.807) is 22.5 Å². The van der Waals surface area contributed by atoms with Crippen LogP contribution in [-0.2, 0) is 10.0 Å². The fraction of sp³-hybridized carbons (Fsp3) is 0.600. The second-order valence-corrected chi connectivity index (χ2v) is 9.25. The van der Waals surface area contributed by atoms with Crippen LogP contribution in [0.1, 0.15) is 43.0 Å². The molecule has 1 aromatic rings. The Kier molecular flexibility index (Phi) is 5.18. The maximum atomic E-state index is 12.0. The fourth-order valence-electron chi connectivity index (χ4n) is 2.64. The van der Waals surface area contributed by atoms with E-state index in [9.17, 15) is 13.2 Å². The number of hydrogen-bond acceptors (Lipinski definition) is 6. The zero-order chi connectivity index (χ0) is 17.2. The second-order valence-electron chi connectivity index (χ2n) is 5.92. The summed E-state index contributed by atoms with van der Waals surface area (Å²) in [6.07, 6.45) is 5.99. The number of anilines is 1. The van der Waals surface area contributed by atoms with Crippen LogP contribution in [-0.4, -0.2) is 35.5 Å². The van der Waals surface area contributed by atoms with E-state index in [2.05, 4.69) is 21.5 Å². The van der Waals surface area contributed by atoms with Gasteiger partial charge in [0.05, 0.1) is 22.7 Å². The monoisotopic (exact) mass is 368 g/mol. The summed E-state index contributed by atoms with van der Waals surface area (Å²) in [7, 11) is -3.27. The normalized spacial score (nSPS) is 21.1. The van der Waals surface area contributed by atoms with Gasteiger partial charge in [-0.25, -0.2) is 17.9 Å². The summed E-state index contributed by atoms with van der Waals surface area (Å²) in [5.74, 6) is 6.67. The summed E-state index contributed by atoms with van der Waals surface area (Å²) in [5.41, 5.74) is 5.84. The van der Waals surface area contributed by atoms with E-state index < -0.39 is 10.0 Å². The van der Waals surface area contributed by atoms with E-state index in [4.69, 9.17) is 5.73 Å². The SMILES string of the molecule is Nc1nc(=O)n([C@H]2CCCS2)cc1C#CCNS(=O)(=O)C1CCC1. The van der Waals surface area contributed by atoms with Crippen LogP contribution >= 0.6 is 11.8 Å². The molecule has 0 aromatic carbocycles. The molecule has 1 saturated carbocycles. The van der Waals surface area contributed by atoms with Crippen LogP contribution in [0.4, 0.5) is 5.82 Å². The number of hydrogen-bond donors (Lipinski definition) is 2. The Bertz CT molecular complexity index is 829. The van der Waals surface area contributed by atoms with Gasteiger partial charge in [0.2, 0.25) is 10.0 Å². The molecule has 1 aliphatic heterocycles. The van der Waals surface area contributed by atoms with Crippen molar-refractivity contribution in [2.75, 3.05) is 18.0 Å². The van der Waals surface area contributed by atoms with Crippen molar-refractivity contribution in [3.63, 3.8) is 0 Å². The van der Waals surface area contributed by atoms with Crippen LogP contribution in [0.15, 0.2) is 11.0 Å². The Morgan fingerprint density at radius 1 is 1.38 bits per heavy atom. The number of nitrogens with zero attached hydrogens (tertiary/aromatic N) is 2. The number of nitrogens with one attached hydrogen (secondary N) is 1. The number of rotatable bonds is 4. The van der Waals surface area contributed by atoms with E-state index >= 15 is 0 Å². The van der Waals surface area contributed by atoms with E-state index in [0.717, 1.165) is 25.0 Å². The first-order chi connectivity index (χ1) is 11.5. The van der Waals surface area contributed by atoms with Gasteiger partial charge in [0, 0.05) is 6.20 Å². The summed E-state index contributed by atoms with van der Waals surface area (Å²) >= 11 is 1.71. The molecular weight excluding hydrogens is 348 g/mol. The molecule has 2 fully saturated rings. The standard InChI is InChI=1S/C15H20N4O3S2/c16-14-11(4-2-8-17-24(21,22)12-5-1-6-12)10-19(15(20)18-14)13-7-3-9-23-13/h10,12-13,17H,1,3,5-9H2,(H2,16,18,20)/t13-/m1/s1. The third-order valence-electron chi connectivity index (χ3n) is 4.27. The number of thioether (sulfide) groups is 1. The molecule has 3 N–H and O–H groups in total. The molecular formula is C15H20N4O3S2. The lowest BCUT2D eigenvalue weighted by atomic mass is 10.0. The maximum absolute atomic E-state index is 12.0. The largest absolute Gasteiger partial charge is 0.382 e. The molecule has 1 aliphatic carbocycles. The molecule has 7 nitrogen and oxygen atoms in total. The number of sulfonamides is 1. The highest BCUT2D eigenvalue weighted by molar-refractivity contribution is 7.99. The maximum Gasteiger partial charge on any atom is 0.350 e. The molecule has 0 spiro atoms. The predicted octanol–water partition coefficient (Wildman–Crippen LogP) is 0.674. The Balaban J connectivity index is 1.71. The van der Waals surface area contributed by atoms with E-state index in [1.165, 1.54) is 0 Å². The average Bonchev–Trinajstić information content (AvgIpc) is 2.96. The van der Waals surface area contributed by atoms with Crippen LogP contribution < -0.4 is 16.1 Å². The van der Waals surface area contributed by atoms with Gasteiger partial charge in [-0.2, -0.15) is 4.98 Å². The van der Waals surface area contributed by atoms with Crippen molar-refractivity contribution >= 4 is 27.6 Å². The van der Waals surface area contributed by atoms with Gasteiger partial charge in [-0.05, 0) is 31.4 Å². The summed E-state index contributed by atoms with van der Waals surface area (Å²) in [6.45, 7) is 0.0234. The number of nitrogens with two attached hydrogens (primary N) is 1. The zero-order valence-electron chi connectivity index (χ0n) is 13.2. The van der Waals surface area contributed by atoms with Crippen molar-refractivity contribution in [1.29, 1.82) is 0 Å². The smallest absolute Gasteiger partial charge is 0.350 e. The fourth-order valence-corrected chi connectivity index (χ4v) is 5.35. The van der Waals surface area contributed by atoms with Gasteiger partial charge in [0.1, 0.15) is 5.82 Å². The van der Waals surface area contributed by atoms with Crippen LogP contribution in [0.25, 0.3) is 0 Å². The minimum Gasteiger partial charge on any atom is -0.382 e. The molecule has 9 heteroatoms. The highest BCUT2D eigenvalue weighted by Gasteiger charge is 2.30. The number of aromatic nitrogens is 2. The first-order valence-electron chi connectivity index (χ1n) is 7.95. The zero-order valence-corrected chi connectivity index (χ0v) is 14.8. The predicted molar refractivity (Wildman–Crippen MR) is 95.1 cm³/mol. The Morgan fingerprint density at radius 3 is 2.79 bits per heavy atom. The molecule has 130 valence electrons. The van der Waals surface area contributed by atoms with Gasteiger partial charge in [0.15, 0.2) is 0 Å². The van der Waals surface area contributed by atoms with Crippen molar-refractivity contribution in [2.45, 2.75) is 42.7 Å². The summed E-state index contributed by atoms with van der Waals surface area (Å²) in [5, 5.41) is -0.212. The highest BCUT2D eigenvalue weighted by atomic mass is 32.2. The lowest BCUT2D eigenvalue weighted by Gasteiger charge is -2.24. The first-order valence-corrected chi connectivity index (χ1v) is 10.5. The second kappa shape index (κ2) is 7.17. The number of nitrogen functional groups attached to an aromatic ring is 1. The molecule has 1 saturated heterocycles. The van der Waals surface area contributed by atoms with Crippen LogP contribution in [0.5, 0.6) is 0 Å². The lowest BCUT2D eigenvalue weighted by Crippen LogP contribution is -2.38. The molecule has 0 bridgehead atoms. The van der Waals surface area contributed by atoms with Gasteiger partial charge >= 0.3 is 5.69 Å². The third-order valence-corrected chi connectivity index (χ3v) is 7.54. The molecule has 24 heavy (non-hydrogen) atoms. The molecule has 0 amide bonds. The lowest BCUT2D eigenvalue weighted by molar-refractivity contribution is 0.471. The Hall–Kier alpha value is -1.50. The highest BCUT2D eigenvalue weighted by Crippen LogP contribution is 2.34. The van der Waals surface area contributed by atoms with Crippen molar-refractivity contribution in [3.05, 3.63) is 22.2 Å². The van der Waals surface area contributed by atoms with Crippen LogP contribution in [0, 0.1) is 11.8 Å². The summed E-state index contributed by atoms with van der Waals surface area (Å²) in [4.78, 5) is 15.8. The first kappa shape index (κ1) is 17.3. The minimum atomic E-state index is -3.27. The quantitative estimate of drug-likeness (QED) is 0.757. The molecule has 3 rings (SSSR count). The van der Waals surface area contributed by atoms with Gasteiger partial charge in [-0.3, -0.25) is 4.57 Å². The van der Waals surface area contributed by atoms with Crippen LogP contribution in [0.2, 0.25) is 0 Å². The Labute approximate surface area is 145 Å². The van der Waals surface area contributed by atoms with Crippen molar-refractivity contribution in [3.8, 4) is 11.8 Å². The minimum absolute atomic E-state index is 0.0234. The molecule has 0 unspecified atom stereocenters.